The minimum absolute atomic E-state index is 0.273. The summed E-state index contributed by atoms with van der Waals surface area (Å²) in [5.41, 5.74) is 6.05. The average Bonchev–Trinajstić information content (AvgIpc) is 2.22. The first kappa shape index (κ1) is 11.6. The first-order valence-electron chi connectivity index (χ1n) is 4.81. The summed E-state index contributed by atoms with van der Waals surface area (Å²) in [6, 6.07) is 2.10. The Morgan fingerprint density at radius 2 is 2.40 bits per heavy atom. The molecule has 1 heterocycles. The van der Waals surface area contributed by atoms with Gasteiger partial charge in [-0.05, 0) is 18.6 Å². The topological polar surface area (TPSA) is 68.0 Å². The zero-order valence-corrected chi connectivity index (χ0v) is 8.53. The van der Waals surface area contributed by atoms with E-state index in [1.165, 1.54) is 18.3 Å². The zero-order chi connectivity index (χ0) is 11.3. The number of pyridine rings is 1. The minimum atomic E-state index is -0.578. The molecular formula is C10H14FN3O. The molecule has 3 N–H and O–H groups in total. The van der Waals surface area contributed by atoms with E-state index in [1.54, 1.807) is 0 Å². The van der Waals surface area contributed by atoms with Crippen molar-refractivity contribution >= 4 is 11.6 Å². The second kappa shape index (κ2) is 5.41. The predicted octanol–water partition coefficient (Wildman–Crippen LogP) is 1.29. The predicted molar refractivity (Wildman–Crippen MR) is 55.7 cm³/mol. The number of nitrogens with zero attached hydrogens (tertiary/aromatic N) is 1. The van der Waals surface area contributed by atoms with Crippen LogP contribution in [0.15, 0.2) is 18.3 Å². The summed E-state index contributed by atoms with van der Waals surface area (Å²) in [7, 11) is 0. The van der Waals surface area contributed by atoms with Crippen LogP contribution in [0, 0.1) is 5.95 Å². The number of nitrogens with two attached hydrogens (primary N) is 1. The van der Waals surface area contributed by atoms with Crippen molar-refractivity contribution < 1.29 is 9.18 Å². The minimum Gasteiger partial charge on any atom is -0.323 e. The maximum atomic E-state index is 12.5. The average molecular weight is 211 g/mol. The van der Waals surface area contributed by atoms with E-state index in [9.17, 15) is 9.18 Å². The highest BCUT2D eigenvalue weighted by atomic mass is 19.1. The van der Waals surface area contributed by atoms with Gasteiger partial charge in [-0.1, -0.05) is 13.3 Å². The van der Waals surface area contributed by atoms with Gasteiger partial charge in [-0.3, -0.25) is 4.79 Å². The van der Waals surface area contributed by atoms with Crippen molar-refractivity contribution in [1.29, 1.82) is 0 Å². The molecule has 15 heavy (non-hydrogen) atoms. The summed E-state index contributed by atoms with van der Waals surface area (Å²) in [5, 5.41) is 2.56. The molecule has 0 aliphatic rings. The number of amides is 1. The number of hydrogen-bond donors (Lipinski definition) is 2. The zero-order valence-electron chi connectivity index (χ0n) is 8.53. The lowest BCUT2D eigenvalue weighted by Gasteiger charge is -2.10. The number of carbonyl (C=O) groups excluding carboxylic acids is 1. The van der Waals surface area contributed by atoms with Gasteiger partial charge in [0.1, 0.15) is 0 Å². The monoisotopic (exact) mass is 211 g/mol. The third-order valence-corrected chi connectivity index (χ3v) is 1.93. The SMILES string of the molecule is CCC[C@H](N)C(=O)Nc1ccc(F)nc1. The van der Waals surface area contributed by atoms with Crippen molar-refractivity contribution in [3.8, 4) is 0 Å². The molecule has 0 spiro atoms. The van der Waals surface area contributed by atoms with E-state index in [-0.39, 0.29) is 5.91 Å². The molecular weight excluding hydrogens is 197 g/mol. The van der Waals surface area contributed by atoms with Gasteiger partial charge in [0.25, 0.3) is 0 Å². The molecule has 0 fully saturated rings. The fourth-order valence-electron chi connectivity index (χ4n) is 1.13. The Morgan fingerprint density at radius 1 is 1.67 bits per heavy atom. The summed E-state index contributed by atoms with van der Waals surface area (Å²) in [6.45, 7) is 1.95. The molecule has 1 amide bonds. The summed E-state index contributed by atoms with van der Waals surface area (Å²) < 4.78 is 12.5. The van der Waals surface area contributed by atoms with Gasteiger partial charge in [-0.15, -0.1) is 0 Å². The van der Waals surface area contributed by atoms with E-state index in [0.29, 0.717) is 12.1 Å². The molecule has 0 aromatic carbocycles. The van der Waals surface area contributed by atoms with Crippen LogP contribution in [-0.4, -0.2) is 16.9 Å². The fourth-order valence-corrected chi connectivity index (χ4v) is 1.13. The van der Waals surface area contributed by atoms with Crippen LogP contribution >= 0.6 is 0 Å². The van der Waals surface area contributed by atoms with Gasteiger partial charge in [-0.2, -0.15) is 4.39 Å². The Bertz CT molecular complexity index is 326. The lowest BCUT2D eigenvalue weighted by molar-refractivity contribution is -0.117. The van der Waals surface area contributed by atoms with E-state index in [1.807, 2.05) is 6.92 Å². The first-order chi connectivity index (χ1) is 7.13. The molecule has 4 nitrogen and oxygen atoms in total. The van der Waals surface area contributed by atoms with Crippen LogP contribution in [0.1, 0.15) is 19.8 Å². The quantitative estimate of drug-likeness (QED) is 0.737. The van der Waals surface area contributed by atoms with Crippen molar-refractivity contribution in [2.75, 3.05) is 5.32 Å². The van der Waals surface area contributed by atoms with Crippen LogP contribution in [0.2, 0.25) is 0 Å². The number of anilines is 1. The molecule has 1 rings (SSSR count). The Kier molecular flexibility index (Phi) is 4.17. The van der Waals surface area contributed by atoms with Crippen LogP contribution in [0.4, 0.5) is 10.1 Å². The van der Waals surface area contributed by atoms with E-state index >= 15 is 0 Å². The molecule has 0 bridgehead atoms. The van der Waals surface area contributed by atoms with Crippen LogP contribution < -0.4 is 11.1 Å². The maximum absolute atomic E-state index is 12.5. The van der Waals surface area contributed by atoms with Gasteiger partial charge in [0.15, 0.2) is 0 Å². The van der Waals surface area contributed by atoms with Crippen molar-refractivity contribution in [2.24, 2.45) is 5.73 Å². The van der Waals surface area contributed by atoms with Gasteiger partial charge in [0.2, 0.25) is 11.9 Å². The lowest BCUT2D eigenvalue weighted by Crippen LogP contribution is -2.35. The molecule has 0 aliphatic carbocycles. The van der Waals surface area contributed by atoms with Crippen LogP contribution in [0.25, 0.3) is 0 Å². The third kappa shape index (κ3) is 3.63. The summed E-state index contributed by atoms with van der Waals surface area (Å²) in [5.74, 6) is -0.851. The maximum Gasteiger partial charge on any atom is 0.241 e. The highest BCUT2D eigenvalue weighted by Gasteiger charge is 2.12. The molecule has 1 aromatic heterocycles. The van der Waals surface area contributed by atoms with Gasteiger partial charge in [0.05, 0.1) is 17.9 Å². The Balaban J connectivity index is 2.54. The molecule has 0 saturated carbocycles. The smallest absolute Gasteiger partial charge is 0.241 e. The molecule has 0 radical (unpaired) electrons. The molecule has 0 saturated heterocycles. The van der Waals surface area contributed by atoms with Gasteiger partial charge in [0, 0.05) is 0 Å². The summed E-state index contributed by atoms with van der Waals surface area (Å²) in [4.78, 5) is 14.8. The standard InChI is InChI=1S/C10H14FN3O/c1-2-3-8(12)10(15)14-7-4-5-9(11)13-6-7/h4-6,8H,2-3,12H2,1H3,(H,14,15)/t8-/m0/s1. The van der Waals surface area contributed by atoms with Crippen LogP contribution in [-0.2, 0) is 4.79 Å². The van der Waals surface area contributed by atoms with Crippen molar-refractivity contribution in [3.63, 3.8) is 0 Å². The van der Waals surface area contributed by atoms with Crippen molar-refractivity contribution in [2.45, 2.75) is 25.8 Å². The van der Waals surface area contributed by atoms with Gasteiger partial charge < -0.3 is 11.1 Å². The van der Waals surface area contributed by atoms with Crippen molar-refractivity contribution in [1.82, 2.24) is 4.98 Å². The Morgan fingerprint density at radius 3 is 2.93 bits per heavy atom. The first-order valence-corrected chi connectivity index (χ1v) is 4.81. The normalized spacial score (nSPS) is 12.2. The van der Waals surface area contributed by atoms with Gasteiger partial charge in [-0.25, -0.2) is 4.98 Å². The largest absolute Gasteiger partial charge is 0.323 e. The fraction of sp³-hybridized carbons (Fsp3) is 0.400. The van der Waals surface area contributed by atoms with E-state index in [2.05, 4.69) is 10.3 Å². The van der Waals surface area contributed by atoms with Crippen LogP contribution in [0.3, 0.4) is 0 Å². The molecule has 0 unspecified atom stereocenters. The molecule has 0 aliphatic heterocycles. The Hall–Kier alpha value is -1.49. The van der Waals surface area contributed by atoms with Crippen LogP contribution in [0.5, 0.6) is 0 Å². The number of halogens is 1. The number of carbonyl (C=O) groups is 1. The molecule has 1 aromatic rings. The second-order valence-electron chi connectivity index (χ2n) is 3.25. The number of hydrogen-bond acceptors (Lipinski definition) is 3. The van der Waals surface area contributed by atoms with Crippen molar-refractivity contribution in [3.05, 3.63) is 24.3 Å². The van der Waals surface area contributed by atoms with E-state index in [4.69, 9.17) is 5.73 Å². The molecule has 82 valence electrons. The molecule has 1 atom stereocenters. The number of nitrogens with one attached hydrogen (secondary N) is 1. The second-order valence-corrected chi connectivity index (χ2v) is 3.25. The highest BCUT2D eigenvalue weighted by Crippen LogP contribution is 2.06. The summed E-state index contributed by atoms with van der Waals surface area (Å²) in [6.07, 6.45) is 2.72. The molecule has 5 heteroatoms. The van der Waals surface area contributed by atoms with E-state index < -0.39 is 12.0 Å². The Labute approximate surface area is 87.7 Å². The number of aromatic nitrogens is 1. The highest BCUT2D eigenvalue weighted by molar-refractivity contribution is 5.94. The van der Waals surface area contributed by atoms with Gasteiger partial charge >= 0.3 is 0 Å². The number of rotatable bonds is 4. The lowest BCUT2D eigenvalue weighted by atomic mass is 10.1. The summed E-state index contributed by atoms with van der Waals surface area (Å²) >= 11 is 0. The van der Waals surface area contributed by atoms with E-state index in [0.717, 1.165) is 6.42 Å². The third-order valence-electron chi connectivity index (χ3n) is 1.93.